The summed E-state index contributed by atoms with van der Waals surface area (Å²) in [6.45, 7) is 15.9. The Hall–Kier alpha value is -1.38. The van der Waals surface area contributed by atoms with Gasteiger partial charge in [0.25, 0.3) is 0 Å². The van der Waals surface area contributed by atoms with E-state index in [-0.39, 0.29) is 16.1 Å². The molecule has 2 aromatic carbocycles. The van der Waals surface area contributed by atoms with Crippen molar-refractivity contribution in [1.82, 2.24) is 0 Å². The SMILES string of the molecule is COc1ccc(-c2cc(C(C)(C)C)cc(C(C)(C)C)c2)c2c1C(S(C)(C)Cl)C(C)=C2. The van der Waals surface area contributed by atoms with Crippen LogP contribution >= 0.6 is 19.9 Å². The van der Waals surface area contributed by atoms with Crippen molar-refractivity contribution in [1.29, 1.82) is 0 Å². The molecule has 0 N–H and O–H groups in total. The van der Waals surface area contributed by atoms with E-state index < -0.39 is 9.24 Å². The van der Waals surface area contributed by atoms with Gasteiger partial charge in [-0.25, -0.2) is 0 Å². The van der Waals surface area contributed by atoms with Gasteiger partial charge in [0.1, 0.15) is 5.75 Å². The van der Waals surface area contributed by atoms with Gasteiger partial charge in [-0.05, 0) is 64.1 Å². The van der Waals surface area contributed by atoms with Gasteiger partial charge in [-0.3, -0.25) is 0 Å². The van der Waals surface area contributed by atoms with Crippen LogP contribution in [0.5, 0.6) is 5.75 Å². The summed E-state index contributed by atoms with van der Waals surface area (Å²) >= 11 is 0. The van der Waals surface area contributed by atoms with E-state index in [2.05, 4.69) is 97.4 Å². The van der Waals surface area contributed by atoms with Crippen molar-refractivity contribution in [3.63, 3.8) is 0 Å². The molecule has 0 heterocycles. The Morgan fingerprint density at radius 2 is 1.43 bits per heavy atom. The predicted molar refractivity (Wildman–Crippen MR) is 138 cm³/mol. The Kier molecular flexibility index (Phi) is 5.93. The molecule has 0 saturated heterocycles. The van der Waals surface area contributed by atoms with Gasteiger partial charge in [0.2, 0.25) is 0 Å². The highest BCUT2D eigenvalue weighted by molar-refractivity contribution is 8.50. The second kappa shape index (κ2) is 7.64. The van der Waals surface area contributed by atoms with Crippen LogP contribution in [0.3, 0.4) is 0 Å². The first kappa shape index (κ1) is 23.3. The largest absolute Gasteiger partial charge is 0.496 e. The summed E-state index contributed by atoms with van der Waals surface area (Å²) in [5.74, 6) is 0.941. The molecular formula is C27H37ClOS. The highest BCUT2D eigenvalue weighted by atomic mass is 35.7. The number of benzene rings is 2. The van der Waals surface area contributed by atoms with Crippen molar-refractivity contribution >= 4 is 26.0 Å². The third kappa shape index (κ3) is 4.32. The Labute approximate surface area is 189 Å². The zero-order chi connectivity index (χ0) is 22.6. The van der Waals surface area contributed by atoms with Gasteiger partial charge in [-0.2, -0.15) is 9.24 Å². The van der Waals surface area contributed by atoms with E-state index in [0.29, 0.717) is 0 Å². The summed E-state index contributed by atoms with van der Waals surface area (Å²) in [7, 11) is 7.37. The molecule has 0 aromatic heterocycles. The lowest BCUT2D eigenvalue weighted by Crippen LogP contribution is -2.16. The summed E-state index contributed by atoms with van der Waals surface area (Å²) in [6, 6.07) is 11.5. The van der Waals surface area contributed by atoms with Crippen LogP contribution in [-0.2, 0) is 10.8 Å². The molecule has 0 fully saturated rings. The average molecular weight is 445 g/mol. The summed E-state index contributed by atoms with van der Waals surface area (Å²) in [4.78, 5) is 0. The molecule has 0 amide bonds. The predicted octanol–water partition coefficient (Wildman–Crippen LogP) is 8.63. The summed E-state index contributed by atoms with van der Waals surface area (Å²) in [5.41, 5.74) is 9.30. The molecule has 30 heavy (non-hydrogen) atoms. The number of ether oxygens (including phenoxy) is 1. The maximum atomic E-state index is 6.95. The zero-order valence-corrected chi connectivity index (χ0v) is 21.8. The molecule has 1 atom stereocenters. The topological polar surface area (TPSA) is 9.23 Å². The molecule has 0 saturated carbocycles. The Bertz CT molecular complexity index is 965. The van der Waals surface area contributed by atoms with Gasteiger partial charge >= 0.3 is 0 Å². The Morgan fingerprint density at radius 1 is 0.900 bits per heavy atom. The first-order chi connectivity index (χ1) is 13.6. The number of methoxy groups -OCH3 is 1. The quantitative estimate of drug-likeness (QED) is 0.460. The maximum Gasteiger partial charge on any atom is 0.124 e. The fourth-order valence-electron chi connectivity index (χ4n) is 4.37. The van der Waals surface area contributed by atoms with Crippen molar-refractivity contribution in [2.45, 2.75) is 64.5 Å². The van der Waals surface area contributed by atoms with E-state index >= 15 is 0 Å². The standard InChI is InChI=1S/C27H37ClOS/c1-17-13-22-21(11-12-23(29-8)24(22)25(17)30(9,10)28)18-14-19(26(2,3)4)16-20(15-18)27(5,6)7/h11-16,25H,1-10H3. The fraction of sp³-hybridized carbons (Fsp3) is 0.481. The lowest BCUT2D eigenvalue weighted by atomic mass is 9.78. The van der Waals surface area contributed by atoms with Crippen LogP contribution < -0.4 is 4.74 Å². The van der Waals surface area contributed by atoms with Gasteiger partial charge in [-0.1, -0.05) is 88.1 Å². The second-order valence-electron chi connectivity index (χ2n) is 11.0. The molecule has 3 heteroatoms. The molecule has 0 radical (unpaired) electrons. The van der Waals surface area contributed by atoms with E-state index in [1.807, 2.05) is 0 Å². The molecule has 0 spiro atoms. The lowest BCUT2D eigenvalue weighted by Gasteiger charge is -2.33. The van der Waals surface area contributed by atoms with Crippen LogP contribution in [0.1, 0.15) is 76.0 Å². The van der Waals surface area contributed by atoms with Crippen molar-refractivity contribution in [3.05, 3.63) is 58.2 Å². The van der Waals surface area contributed by atoms with Gasteiger partial charge in [0, 0.05) is 5.56 Å². The van der Waals surface area contributed by atoms with E-state index in [1.54, 1.807) is 7.11 Å². The third-order valence-corrected chi connectivity index (χ3v) is 8.31. The van der Waals surface area contributed by atoms with E-state index in [0.717, 1.165) is 5.75 Å². The van der Waals surface area contributed by atoms with Crippen LogP contribution in [0.2, 0.25) is 0 Å². The first-order valence-electron chi connectivity index (χ1n) is 10.6. The number of fused-ring (bicyclic) bond motifs is 1. The van der Waals surface area contributed by atoms with Crippen LogP contribution in [0.25, 0.3) is 17.2 Å². The molecule has 1 unspecified atom stereocenters. The smallest absolute Gasteiger partial charge is 0.124 e. The summed E-state index contributed by atoms with van der Waals surface area (Å²) in [6.07, 6.45) is 6.68. The van der Waals surface area contributed by atoms with Crippen LogP contribution in [0.15, 0.2) is 35.9 Å². The number of halogens is 1. The molecule has 1 nitrogen and oxygen atoms in total. The number of hydrogen-bond donors (Lipinski definition) is 0. The van der Waals surface area contributed by atoms with Crippen molar-refractivity contribution in [2.75, 3.05) is 19.6 Å². The molecule has 164 valence electrons. The van der Waals surface area contributed by atoms with Crippen LogP contribution in [-0.4, -0.2) is 19.6 Å². The van der Waals surface area contributed by atoms with Crippen LogP contribution in [0.4, 0.5) is 0 Å². The highest BCUT2D eigenvalue weighted by Crippen LogP contribution is 2.66. The normalized spacial score (nSPS) is 17.6. The number of rotatable bonds is 3. The number of hydrogen-bond acceptors (Lipinski definition) is 1. The highest BCUT2D eigenvalue weighted by Gasteiger charge is 2.36. The lowest BCUT2D eigenvalue weighted by molar-refractivity contribution is 0.410. The molecule has 2 aromatic rings. The third-order valence-electron chi connectivity index (χ3n) is 6.05. The molecule has 0 bridgehead atoms. The van der Waals surface area contributed by atoms with Gasteiger partial charge in [0.15, 0.2) is 0 Å². The van der Waals surface area contributed by atoms with E-state index in [9.17, 15) is 0 Å². The van der Waals surface area contributed by atoms with Crippen LogP contribution in [0, 0.1) is 0 Å². The molecular weight excluding hydrogens is 408 g/mol. The van der Waals surface area contributed by atoms with Crippen molar-refractivity contribution in [3.8, 4) is 16.9 Å². The van der Waals surface area contributed by atoms with E-state index in [1.165, 1.54) is 39.0 Å². The minimum atomic E-state index is -1.34. The summed E-state index contributed by atoms with van der Waals surface area (Å²) in [5, 5.41) is 0.219. The Morgan fingerprint density at radius 3 is 1.87 bits per heavy atom. The Balaban J connectivity index is 2.33. The molecule has 0 aliphatic heterocycles. The molecule has 3 rings (SSSR count). The first-order valence-corrected chi connectivity index (χ1v) is 14.0. The molecule has 1 aliphatic carbocycles. The monoisotopic (exact) mass is 444 g/mol. The van der Waals surface area contributed by atoms with Gasteiger partial charge < -0.3 is 4.74 Å². The summed E-state index contributed by atoms with van der Waals surface area (Å²) < 4.78 is 5.80. The second-order valence-corrected chi connectivity index (χ2v) is 16.4. The van der Waals surface area contributed by atoms with Crippen molar-refractivity contribution in [2.24, 2.45) is 0 Å². The zero-order valence-electron chi connectivity index (χ0n) is 20.2. The minimum absolute atomic E-state index is 0.0855. The average Bonchev–Trinajstić information content (AvgIpc) is 2.96. The van der Waals surface area contributed by atoms with E-state index in [4.69, 9.17) is 15.4 Å². The van der Waals surface area contributed by atoms with Gasteiger partial charge in [0.05, 0.1) is 12.4 Å². The maximum absolute atomic E-state index is 6.95. The molecule has 1 aliphatic rings. The van der Waals surface area contributed by atoms with Gasteiger partial charge in [-0.15, -0.1) is 0 Å². The minimum Gasteiger partial charge on any atom is -0.496 e. The fourth-order valence-corrected chi connectivity index (χ4v) is 6.82. The van der Waals surface area contributed by atoms with Crippen molar-refractivity contribution < 1.29 is 4.74 Å².